The molecule has 0 radical (unpaired) electrons. The first-order valence-electron chi connectivity index (χ1n) is 4.22. The van der Waals surface area contributed by atoms with Crippen molar-refractivity contribution in [3.8, 4) is 0 Å². The summed E-state index contributed by atoms with van der Waals surface area (Å²) in [5.41, 5.74) is 0. The highest BCUT2D eigenvalue weighted by Gasteiger charge is 2.21. The zero-order valence-corrected chi connectivity index (χ0v) is 9.17. The van der Waals surface area contributed by atoms with Crippen molar-refractivity contribution in [2.24, 2.45) is 5.14 Å². The van der Waals surface area contributed by atoms with Crippen molar-refractivity contribution < 1.29 is 13.2 Å². The van der Waals surface area contributed by atoms with Crippen LogP contribution in [0.4, 0.5) is 0 Å². The summed E-state index contributed by atoms with van der Waals surface area (Å²) in [4.78, 5) is 0. The normalized spacial score (nSPS) is 14.8. The maximum Gasteiger partial charge on any atom is 0.277 e. The van der Waals surface area contributed by atoms with E-state index >= 15 is 0 Å². The Bertz CT molecular complexity index is 228. The molecular weight excluding hydrogens is 192 g/mol. The first-order valence-corrected chi connectivity index (χ1v) is 5.72. The highest BCUT2D eigenvalue weighted by atomic mass is 32.2. The standard InChI is InChI=1S/C7H18N2O3S/c1-4-7(2)9(5-6-12-3)13(8,10)11/h7H,4-6H2,1-3H3,(H2,8,10,11). The molecule has 80 valence electrons. The van der Waals surface area contributed by atoms with Crippen LogP contribution in [0, 0.1) is 0 Å². The van der Waals surface area contributed by atoms with Gasteiger partial charge >= 0.3 is 0 Å². The van der Waals surface area contributed by atoms with E-state index in [0.717, 1.165) is 6.42 Å². The Morgan fingerprint density at radius 2 is 2.08 bits per heavy atom. The predicted molar refractivity (Wildman–Crippen MR) is 51.4 cm³/mol. The second kappa shape index (κ2) is 5.54. The van der Waals surface area contributed by atoms with E-state index in [0.29, 0.717) is 13.2 Å². The van der Waals surface area contributed by atoms with Crippen LogP contribution in [0.1, 0.15) is 20.3 Å². The van der Waals surface area contributed by atoms with Crippen molar-refractivity contribution in [1.82, 2.24) is 4.31 Å². The van der Waals surface area contributed by atoms with Gasteiger partial charge in [0.1, 0.15) is 0 Å². The lowest BCUT2D eigenvalue weighted by molar-refractivity contribution is 0.167. The van der Waals surface area contributed by atoms with Crippen LogP contribution in [0.25, 0.3) is 0 Å². The van der Waals surface area contributed by atoms with Crippen molar-refractivity contribution >= 4 is 10.2 Å². The summed E-state index contributed by atoms with van der Waals surface area (Å²) in [6.07, 6.45) is 0.736. The first-order chi connectivity index (χ1) is 5.93. The fraction of sp³-hybridized carbons (Fsp3) is 1.00. The molecule has 13 heavy (non-hydrogen) atoms. The number of nitrogens with two attached hydrogens (primary N) is 1. The molecule has 0 fully saturated rings. The van der Waals surface area contributed by atoms with Gasteiger partial charge in [-0.15, -0.1) is 0 Å². The lowest BCUT2D eigenvalue weighted by atomic mass is 10.3. The number of hydrogen-bond donors (Lipinski definition) is 1. The van der Waals surface area contributed by atoms with Crippen LogP contribution in [0.5, 0.6) is 0 Å². The molecule has 5 nitrogen and oxygen atoms in total. The van der Waals surface area contributed by atoms with Crippen LogP contribution in [0.2, 0.25) is 0 Å². The smallest absolute Gasteiger partial charge is 0.277 e. The molecule has 0 spiro atoms. The van der Waals surface area contributed by atoms with Gasteiger partial charge in [0.15, 0.2) is 0 Å². The van der Waals surface area contributed by atoms with Gasteiger partial charge in [0.05, 0.1) is 6.61 Å². The van der Waals surface area contributed by atoms with E-state index in [9.17, 15) is 8.42 Å². The van der Waals surface area contributed by atoms with Crippen molar-refractivity contribution in [2.45, 2.75) is 26.3 Å². The Balaban J connectivity index is 4.38. The SMILES string of the molecule is CCC(C)N(CCOC)S(N)(=O)=O. The zero-order valence-electron chi connectivity index (χ0n) is 8.36. The number of ether oxygens (including phenoxy) is 1. The fourth-order valence-electron chi connectivity index (χ4n) is 0.983. The Hall–Kier alpha value is -0.170. The van der Waals surface area contributed by atoms with Gasteiger partial charge in [0, 0.05) is 19.7 Å². The lowest BCUT2D eigenvalue weighted by Gasteiger charge is -2.24. The molecule has 0 aromatic carbocycles. The summed E-state index contributed by atoms with van der Waals surface area (Å²) in [5.74, 6) is 0. The number of hydrogen-bond acceptors (Lipinski definition) is 3. The predicted octanol–water partition coefficient (Wildman–Crippen LogP) is -0.0632. The second-order valence-electron chi connectivity index (χ2n) is 2.91. The van der Waals surface area contributed by atoms with Gasteiger partial charge in [-0.3, -0.25) is 0 Å². The number of methoxy groups -OCH3 is 1. The molecule has 0 aromatic rings. The van der Waals surface area contributed by atoms with Crippen LogP contribution < -0.4 is 5.14 Å². The van der Waals surface area contributed by atoms with Gasteiger partial charge in [0.25, 0.3) is 10.2 Å². The molecular formula is C7H18N2O3S. The average molecular weight is 210 g/mol. The topological polar surface area (TPSA) is 72.6 Å². The van der Waals surface area contributed by atoms with Gasteiger partial charge < -0.3 is 4.74 Å². The summed E-state index contributed by atoms with van der Waals surface area (Å²) in [5, 5.41) is 5.04. The van der Waals surface area contributed by atoms with Crippen molar-refractivity contribution in [1.29, 1.82) is 0 Å². The van der Waals surface area contributed by atoms with E-state index in [4.69, 9.17) is 9.88 Å². The largest absolute Gasteiger partial charge is 0.383 e. The van der Waals surface area contributed by atoms with Crippen LogP contribution in [0.15, 0.2) is 0 Å². The second-order valence-corrected chi connectivity index (χ2v) is 4.40. The van der Waals surface area contributed by atoms with Crippen LogP contribution in [0.3, 0.4) is 0 Å². The minimum atomic E-state index is -3.60. The van der Waals surface area contributed by atoms with E-state index in [-0.39, 0.29) is 6.04 Å². The van der Waals surface area contributed by atoms with Gasteiger partial charge in [-0.05, 0) is 13.3 Å². The summed E-state index contributed by atoms with van der Waals surface area (Å²) in [6, 6.07) is -0.0786. The molecule has 0 aliphatic heterocycles. The summed E-state index contributed by atoms with van der Waals surface area (Å²) >= 11 is 0. The molecule has 0 aliphatic carbocycles. The van der Waals surface area contributed by atoms with E-state index in [2.05, 4.69) is 0 Å². The first kappa shape index (κ1) is 12.8. The molecule has 0 saturated heterocycles. The van der Waals surface area contributed by atoms with E-state index in [1.54, 1.807) is 0 Å². The molecule has 0 heterocycles. The van der Waals surface area contributed by atoms with E-state index in [1.807, 2.05) is 13.8 Å². The Kier molecular flexibility index (Phi) is 5.46. The highest BCUT2D eigenvalue weighted by molar-refractivity contribution is 7.86. The Labute approximate surface area is 80.0 Å². The van der Waals surface area contributed by atoms with Gasteiger partial charge in [-0.25, -0.2) is 5.14 Å². The summed E-state index contributed by atoms with van der Waals surface area (Å²) in [7, 11) is -2.07. The van der Waals surface area contributed by atoms with E-state index in [1.165, 1.54) is 11.4 Å². The molecule has 0 saturated carbocycles. The molecule has 6 heteroatoms. The lowest BCUT2D eigenvalue weighted by Crippen LogP contribution is -2.44. The molecule has 0 aromatic heterocycles. The molecule has 0 amide bonds. The van der Waals surface area contributed by atoms with Crippen LogP contribution in [-0.2, 0) is 14.9 Å². The molecule has 0 aliphatic rings. The third-order valence-electron chi connectivity index (χ3n) is 1.93. The molecule has 0 bridgehead atoms. The minimum absolute atomic E-state index is 0.0786. The molecule has 1 atom stereocenters. The molecule has 2 N–H and O–H groups in total. The van der Waals surface area contributed by atoms with Gasteiger partial charge in [0.2, 0.25) is 0 Å². The van der Waals surface area contributed by atoms with Crippen molar-refractivity contribution in [3.05, 3.63) is 0 Å². The van der Waals surface area contributed by atoms with Crippen LogP contribution >= 0.6 is 0 Å². The maximum atomic E-state index is 11.1. The van der Waals surface area contributed by atoms with E-state index < -0.39 is 10.2 Å². The number of rotatable bonds is 6. The quantitative estimate of drug-likeness (QED) is 0.667. The molecule has 0 rings (SSSR count). The van der Waals surface area contributed by atoms with Crippen molar-refractivity contribution in [2.75, 3.05) is 20.3 Å². The summed E-state index contributed by atoms with van der Waals surface area (Å²) in [6.45, 7) is 4.40. The fourth-order valence-corrected chi connectivity index (χ4v) is 1.96. The van der Waals surface area contributed by atoms with Gasteiger partial charge in [-0.2, -0.15) is 12.7 Å². The Morgan fingerprint density at radius 3 is 2.38 bits per heavy atom. The maximum absolute atomic E-state index is 11.1. The highest BCUT2D eigenvalue weighted by Crippen LogP contribution is 2.06. The Morgan fingerprint density at radius 1 is 1.54 bits per heavy atom. The number of nitrogens with zero attached hydrogens (tertiary/aromatic N) is 1. The third kappa shape index (κ3) is 4.56. The summed E-state index contributed by atoms with van der Waals surface area (Å²) < 4.78 is 28.2. The molecule has 1 unspecified atom stereocenters. The zero-order chi connectivity index (χ0) is 10.5. The van der Waals surface area contributed by atoms with Gasteiger partial charge in [-0.1, -0.05) is 6.92 Å². The van der Waals surface area contributed by atoms with Crippen LogP contribution in [-0.4, -0.2) is 39.0 Å². The minimum Gasteiger partial charge on any atom is -0.383 e. The monoisotopic (exact) mass is 210 g/mol. The average Bonchev–Trinajstić information content (AvgIpc) is 2.02. The van der Waals surface area contributed by atoms with Crippen molar-refractivity contribution in [3.63, 3.8) is 0 Å². The third-order valence-corrected chi connectivity index (χ3v) is 3.12.